The molecule has 0 aromatic rings. The molecule has 26 heavy (non-hydrogen) atoms. The van der Waals surface area contributed by atoms with Gasteiger partial charge in [0, 0.05) is 25.7 Å². The van der Waals surface area contributed by atoms with Gasteiger partial charge >= 0.3 is 23.9 Å². The van der Waals surface area contributed by atoms with E-state index >= 15 is 0 Å². The number of unbranched alkanes of at least 4 members (excludes halogenated alkanes) is 5. The highest BCUT2D eigenvalue weighted by Crippen LogP contribution is 2.03. The molecule has 0 aliphatic rings. The monoisotopic (exact) mass is 376 g/mol. The predicted octanol–water partition coefficient (Wildman–Crippen LogP) is 3.47. The molecule has 0 aromatic heterocycles. The number of hydrogen-bond acceptors (Lipinski definition) is 5. The van der Waals surface area contributed by atoms with Crippen molar-refractivity contribution in [2.24, 2.45) is 0 Å². The van der Waals surface area contributed by atoms with Crippen LogP contribution in [0.2, 0.25) is 0 Å². The lowest BCUT2D eigenvalue weighted by Crippen LogP contribution is -2.06. The molecule has 3 N–H and O–H groups in total. The molecule has 0 spiro atoms. The summed E-state index contributed by atoms with van der Waals surface area (Å²) >= 11 is 0. The van der Waals surface area contributed by atoms with Crippen molar-refractivity contribution in [1.29, 1.82) is 0 Å². The molecular formula is C18H32O8. The van der Waals surface area contributed by atoms with Crippen LogP contribution in [0.5, 0.6) is 0 Å². The maximum absolute atomic E-state index is 11.2. The third-order valence-corrected chi connectivity index (χ3v) is 3.31. The number of ether oxygens (including phenoxy) is 1. The lowest BCUT2D eigenvalue weighted by molar-refractivity contribution is -0.144. The van der Waals surface area contributed by atoms with Crippen molar-refractivity contribution in [3.63, 3.8) is 0 Å². The first-order valence-electron chi connectivity index (χ1n) is 9.10. The Balaban J connectivity index is 0. The van der Waals surface area contributed by atoms with Crippen LogP contribution < -0.4 is 0 Å². The Kier molecular flexibility index (Phi) is 19.3. The maximum atomic E-state index is 11.2. The van der Waals surface area contributed by atoms with E-state index in [0.717, 1.165) is 12.8 Å². The van der Waals surface area contributed by atoms with Crippen LogP contribution in [0.1, 0.15) is 84.0 Å². The van der Waals surface area contributed by atoms with E-state index in [4.69, 9.17) is 20.1 Å². The molecule has 0 fully saturated rings. The Morgan fingerprint density at radius 1 is 0.615 bits per heavy atom. The van der Waals surface area contributed by atoms with Crippen molar-refractivity contribution in [3.05, 3.63) is 0 Å². The number of carboxylic acid groups (broad SMARTS) is 3. The molecule has 0 rings (SSSR count). The van der Waals surface area contributed by atoms with Crippen molar-refractivity contribution in [1.82, 2.24) is 0 Å². The van der Waals surface area contributed by atoms with Crippen LogP contribution in [-0.2, 0) is 23.9 Å². The van der Waals surface area contributed by atoms with E-state index < -0.39 is 17.9 Å². The number of carbonyl (C=O) groups excluding carboxylic acids is 1. The van der Waals surface area contributed by atoms with E-state index in [9.17, 15) is 19.2 Å². The van der Waals surface area contributed by atoms with Gasteiger partial charge in [0.2, 0.25) is 0 Å². The molecule has 0 radical (unpaired) electrons. The van der Waals surface area contributed by atoms with Crippen LogP contribution in [0, 0.1) is 0 Å². The highest BCUT2D eigenvalue weighted by atomic mass is 16.5. The van der Waals surface area contributed by atoms with Crippen LogP contribution in [0.4, 0.5) is 0 Å². The van der Waals surface area contributed by atoms with Crippen LogP contribution in [0.3, 0.4) is 0 Å². The van der Waals surface area contributed by atoms with Gasteiger partial charge in [-0.3, -0.25) is 19.2 Å². The molecule has 0 aliphatic carbocycles. The topological polar surface area (TPSA) is 138 Å². The molecule has 152 valence electrons. The van der Waals surface area contributed by atoms with Gasteiger partial charge in [0.25, 0.3) is 0 Å². The number of aliphatic carboxylic acids is 3. The summed E-state index contributed by atoms with van der Waals surface area (Å²) in [7, 11) is 0. The van der Waals surface area contributed by atoms with Crippen LogP contribution in [0.15, 0.2) is 0 Å². The molecule has 8 nitrogen and oxygen atoms in total. The molecule has 0 aliphatic heterocycles. The third-order valence-electron chi connectivity index (χ3n) is 3.31. The minimum atomic E-state index is -0.870. The second-order valence-corrected chi connectivity index (χ2v) is 5.88. The quantitative estimate of drug-likeness (QED) is 0.292. The summed E-state index contributed by atoms with van der Waals surface area (Å²) in [6.45, 7) is 2.63. The van der Waals surface area contributed by atoms with Crippen molar-refractivity contribution in [2.75, 3.05) is 6.61 Å². The number of esters is 1. The highest BCUT2D eigenvalue weighted by Gasteiger charge is 2.03. The summed E-state index contributed by atoms with van der Waals surface area (Å²) in [5, 5.41) is 24.6. The van der Waals surface area contributed by atoms with Crippen LogP contribution in [-0.4, -0.2) is 45.8 Å². The van der Waals surface area contributed by atoms with Crippen LogP contribution in [0.25, 0.3) is 0 Å². The molecule has 0 saturated heterocycles. The standard InChI is InChI=1S/C12H22O4.C6H10O4/c1-2-3-4-7-10-16-12(15)9-6-5-8-11(13)14;7-5(8)3-1-2-4-6(9)10/h2-10H2,1H3,(H,13,14);1-4H2,(H,7,8)(H,9,10). The van der Waals surface area contributed by atoms with Gasteiger partial charge in [-0.1, -0.05) is 26.2 Å². The summed E-state index contributed by atoms with van der Waals surface area (Å²) in [6.07, 6.45) is 6.99. The Bertz CT molecular complexity index is 390. The summed E-state index contributed by atoms with van der Waals surface area (Å²) in [4.78, 5) is 41.1. The SMILES string of the molecule is CCCCCCOC(=O)CCCCC(=O)O.O=C(O)CCCCC(=O)O. The fraction of sp³-hybridized carbons (Fsp3) is 0.778. The second-order valence-electron chi connectivity index (χ2n) is 5.88. The largest absolute Gasteiger partial charge is 0.481 e. The second kappa shape index (κ2) is 19.2. The average Bonchev–Trinajstić information content (AvgIpc) is 2.55. The molecule has 0 aromatic carbocycles. The van der Waals surface area contributed by atoms with Crippen molar-refractivity contribution in [2.45, 2.75) is 84.0 Å². The Morgan fingerprint density at radius 3 is 1.42 bits per heavy atom. The van der Waals surface area contributed by atoms with Crippen molar-refractivity contribution in [3.8, 4) is 0 Å². The fourth-order valence-corrected chi connectivity index (χ4v) is 1.89. The van der Waals surface area contributed by atoms with E-state index in [1.54, 1.807) is 0 Å². The Hall–Kier alpha value is -2.12. The van der Waals surface area contributed by atoms with Gasteiger partial charge in [-0.15, -0.1) is 0 Å². The van der Waals surface area contributed by atoms with Crippen molar-refractivity contribution >= 4 is 23.9 Å². The normalized spacial score (nSPS) is 9.73. The van der Waals surface area contributed by atoms with Crippen LogP contribution >= 0.6 is 0 Å². The van der Waals surface area contributed by atoms with E-state index in [-0.39, 0.29) is 25.2 Å². The van der Waals surface area contributed by atoms with E-state index in [2.05, 4.69) is 6.92 Å². The first-order valence-corrected chi connectivity index (χ1v) is 9.10. The first-order chi connectivity index (χ1) is 12.3. The molecule has 0 unspecified atom stereocenters. The van der Waals surface area contributed by atoms with Crippen molar-refractivity contribution < 1.29 is 39.2 Å². The molecular weight excluding hydrogens is 344 g/mol. The number of hydrogen-bond donors (Lipinski definition) is 3. The van der Waals surface area contributed by atoms with Gasteiger partial charge in [0.15, 0.2) is 0 Å². The van der Waals surface area contributed by atoms with Gasteiger partial charge in [-0.05, 0) is 32.1 Å². The zero-order valence-electron chi connectivity index (χ0n) is 15.6. The Morgan fingerprint density at radius 2 is 1.04 bits per heavy atom. The summed E-state index contributed by atoms with van der Waals surface area (Å²) < 4.78 is 5.01. The van der Waals surface area contributed by atoms with Gasteiger partial charge in [0.05, 0.1) is 6.61 Å². The zero-order chi connectivity index (χ0) is 20.2. The zero-order valence-corrected chi connectivity index (χ0v) is 15.6. The summed E-state index contributed by atoms with van der Waals surface area (Å²) in [6, 6.07) is 0. The molecule has 0 heterocycles. The fourth-order valence-electron chi connectivity index (χ4n) is 1.89. The first kappa shape index (κ1) is 26.1. The van der Waals surface area contributed by atoms with E-state index in [1.807, 2.05) is 0 Å². The van der Waals surface area contributed by atoms with Gasteiger partial charge < -0.3 is 20.1 Å². The summed E-state index contributed by atoms with van der Waals surface area (Å²) in [5.74, 6) is -2.76. The number of carboxylic acids is 3. The highest BCUT2D eigenvalue weighted by molar-refractivity contribution is 5.69. The summed E-state index contributed by atoms with van der Waals surface area (Å²) in [5.41, 5.74) is 0. The minimum Gasteiger partial charge on any atom is -0.481 e. The Labute approximate surface area is 154 Å². The van der Waals surface area contributed by atoms with E-state index in [1.165, 1.54) is 12.8 Å². The minimum absolute atomic E-state index is 0.0628. The number of rotatable bonds is 15. The van der Waals surface area contributed by atoms with E-state index in [0.29, 0.717) is 38.7 Å². The molecule has 8 heteroatoms. The predicted molar refractivity (Wildman–Crippen MR) is 94.9 cm³/mol. The maximum Gasteiger partial charge on any atom is 0.305 e. The average molecular weight is 376 g/mol. The van der Waals surface area contributed by atoms with Gasteiger partial charge in [-0.2, -0.15) is 0 Å². The molecule has 0 saturated carbocycles. The lowest BCUT2D eigenvalue weighted by atomic mass is 10.2. The lowest BCUT2D eigenvalue weighted by Gasteiger charge is -2.03. The number of carbonyl (C=O) groups is 4. The molecule has 0 bridgehead atoms. The molecule has 0 atom stereocenters. The van der Waals surface area contributed by atoms with Gasteiger partial charge in [-0.25, -0.2) is 0 Å². The third kappa shape index (κ3) is 26.8. The molecule has 0 amide bonds. The smallest absolute Gasteiger partial charge is 0.305 e. The van der Waals surface area contributed by atoms with Gasteiger partial charge in [0.1, 0.15) is 0 Å².